The Labute approximate surface area is 163 Å². The van der Waals surface area contributed by atoms with Crippen molar-refractivity contribution >= 4 is 17.2 Å². The predicted molar refractivity (Wildman–Crippen MR) is 112 cm³/mol. The van der Waals surface area contributed by atoms with Crippen molar-refractivity contribution in [1.29, 1.82) is 0 Å². The average Bonchev–Trinajstić information content (AvgIpc) is 2.94. The van der Waals surface area contributed by atoms with E-state index in [1.54, 1.807) is 0 Å². The zero-order chi connectivity index (χ0) is 19.6. The minimum Gasteiger partial charge on any atom is -0.396 e. The first-order valence-corrected chi connectivity index (χ1v) is 10.1. The quantitative estimate of drug-likeness (QED) is 0.534. The molecule has 0 amide bonds. The van der Waals surface area contributed by atoms with E-state index in [-0.39, 0.29) is 0 Å². The van der Waals surface area contributed by atoms with Gasteiger partial charge in [-0.15, -0.1) is 0 Å². The van der Waals surface area contributed by atoms with E-state index in [1.165, 1.54) is 27.9 Å². The third-order valence-corrected chi connectivity index (χ3v) is 5.16. The summed E-state index contributed by atoms with van der Waals surface area (Å²) >= 11 is 0. The summed E-state index contributed by atoms with van der Waals surface area (Å²) in [7, 11) is 2.03. The maximum atomic E-state index is 5.41. The molecule has 1 aliphatic rings. The molecule has 1 aliphatic heterocycles. The number of hydrogen-bond donors (Lipinski definition) is 0. The van der Waals surface area contributed by atoms with Gasteiger partial charge in [0, 0.05) is 24.8 Å². The standard InChI is InChI=1S/C22H32N4O/c1-7-10-19(24-27-8-2)21-18-11-9-12-26(22(18)23-25(21)6)20-16(4)13-15(3)14-17(20)5/h13-14H,7-12H2,1-6H3. The number of aromatic nitrogens is 2. The van der Waals surface area contributed by atoms with Crippen molar-refractivity contribution in [3.8, 4) is 0 Å². The Balaban J connectivity index is 2.11. The number of nitrogens with zero attached hydrogens (tertiary/aromatic N) is 4. The maximum Gasteiger partial charge on any atom is 0.158 e. The van der Waals surface area contributed by atoms with Crippen molar-refractivity contribution < 1.29 is 4.84 Å². The molecular formula is C22H32N4O. The Hall–Kier alpha value is -2.30. The van der Waals surface area contributed by atoms with E-state index < -0.39 is 0 Å². The van der Waals surface area contributed by atoms with Crippen LogP contribution in [0.4, 0.5) is 11.5 Å². The van der Waals surface area contributed by atoms with Crippen LogP contribution >= 0.6 is 0 Å². The Bertz CT molecular complexity index is 827. The molecule has 0 radical (unpaired) electrons. The maximum absolute atomic E-state index is 5.41. The second kappa shape index (κ2) is 8.15. The van der Waals surface area contributed by atoms with Gasteiger partial charge in [-0.2, -0.15) is 5.10 Å². The van der Waals surface area contributed by atoms with Crippen molar-refractivity contribution in [3.05, 3.63) is 40.1 Å². The lowest BCUT2D eigenvalue weighted by molar-refractivity contribution is 0.158. The highest BCUT2D eigenvalue weighted by Crippen LogP contribution is 2.38. The summed E-state index contributed by atoms with van der Waals surface area (Å²) in [5, 5.41) is 9.36. The SMILES string of the molecule is CCCC(=NOCC)c1c2c(nn1C)N(c1c(C)cc(C)cc1C)CCC2. The van der Waals surface area contributed by atoms with Gasteiger partial charge in [-0.3, -0.25) is 4.68 Å². The van der Waals surface area contributed by atoms with Gasteiger partial charge in [0.05, 0.1) is 5.69 Å². The van der Waals surface area contributed by atoms with Crippen LogP contribution in [-0.2, 0) is 18.3 Å². The fourth-order valence-electron chi connectivity index (χ4n) is 4.28. The van der Waals surface area contributed by atoms with Crippen molar-refractivity contribution in [1.82, 2.24) is 9.78 Å². The molecule has 0 N–H and O–H groups in total. The van der Waals surface area contributed by atoms with Gasteiger partial charge >= 0.3 is 0 Å². The zero-order valence-electron chi connectivity index (χ0n) is 17.6. The van der Waals surface area contributed by atoms with Crippen molar-refractivity contribution in [2.75, 3.05) is 18.1 Å². The normalized spacial score (nSPS) is 14.4. The lowest BCUT2D eigenvalue weighted by Gasteiger charge is -2.31. The van der Waals surface area contributed by atoms with Gasteiger partial charge in [0.2, 0.25) is 0 Å². The molecule has 0 atom stereocenters. The van der Waals surface area contributed by atoms with Crippen LogP contribution < -0.4 is 4.90 Å². The molecule has 146 valence electrons. The summed E-state index contributed by atoms with van der Waals surface area (Å²) in [6.07, 6.45) is 4.08. The first-order chi connectivity index (χ1) is 13.0. The van der Waals surface area contributed by atoms with Gasteiger partial charge in [0.25, 0.3) is 0 Å². The molecule has 0 saturated heterocycles. The van der Waals surface area contributed by atoms with E-state index in [4.69, 9.17) is 9.94 Å². The molecule has 2 aromatic rings. The van der Waals surface area contributed by atoms with Crippen LogP contribution in [0.25, 0.3) is 0 Å². The molecule has 3 rings (SSSR count). The predicted octanol–water partition coefficient (Wildman–Crippen LogP) is 4.97. The zero-order valence-corrected chi connectivity index (χ0v) is 17.6. The largest absolute Gasteiger partial charge is 0.396 e. The van der Waals surface area contributed by atoms with Gasteiger partial charge in [0.15, 0.2) is 5.82 Å². The number of benzene rings is 1. The number of rotatable bonds is 6. The third kappa shape index (κ3) is 3.73. The highest BCUT2D eigenvalue weighted by molar-refractivity contribution is 6.01. The molecule has 27 heavy (non-hydrogen) atoms. The summed E-state index contributed by atoms with van der Waals surface area (Å²) < 4.78 is 2.00. The number of oxime groups is 1. The summed E-state index contributed by atoms with van der Waals surface area (Å²) in [5.74, 6) is 1.08. The number of fused-ring (bicyclic) bond motifs is 1. The van der Waals surface area contributed by atoms with Crippen LogP contribution in [0.1, 0.15) is 61.1 Å². The minimum atomic E-state index is 0.584. The van der Waals surface area contributed by atoms with Crippen molar-refractivity contribution in [2.24, 2.45) is 12.2 Å². The summed E-state index contributed by atoms with van der Waals surface area (Å²) in [6, 6.07) is 4.53. The van der Waals surface area contributed by atoms with Gasteiger partial charge < -0.3 is 9.74 Å². The van der Waals surface area contributed by atoms with Gasteiger partial charge in [-0.05, 0) is 58.1 Å². The smallest absolute Gasteiger partial charge is 0.158 e. The molecule has 5 heteroatoms. The van der Waals surface area contributed by atoms with E-state index in [0.29, 0.717) is 6.61 Å². The first kappa shape index (κ1) is 19.5. The molecular weight excluding hydrogens is 336 g/mol. The molecule has 5 nitrogen and oxygen atoms in total. The number of anilines is 2. The summed E-state index contributed by atoms with van der Waals surface area (Å²) in [6.45, 7) is 12.3. The Kier molecular flexibility index (Phi) is 5.88. The fourth-order valence-corrected chi connectivity index (χ4v) is 4.28. The van der Waals surface area contributed by atoms with E-state index in [2.05, 4.69) is 49.9 Å². The molecule has 0 spiro atoms. The van der Waals surface area contributed by atoms with Crippen LogP contribution in [0.15, 0.2) is 17.3 Å². The van der Waals surface area contributed by atoms with Gasteiger partial charge in [0.1, 0.15) is 12.3 Å². The molecule has 2 heterocycles. The Morgan fingerprint density at radius 2 is 1.89 bits per heavy atom. The molecule has 0 bridgehead atoms. The molecule has 0 fully saturated rings. The van der Waals surface area contributed by atoms with Crippen molar-refractivity contribution in [3.63, 3.8) is 0 Å². The van der Waals surface area contributed by atoms with Crippen molar-refractivity contribution in [2.45, 2.75) is 60.3 Å². The average molecular weight is 369 g/mol. The molecule has 1 aromatic heterocycles. The van der Waals surface area contributed by atoms with Crippen LogP contribution in [0.5, 0.6) is 0 Å². The Morgan fingerprint density at radius 1 is 1.19 bits per heavy atom. The molecule has 1 aromatic carbocycles. The summed E-state index contributed by atoms with van der Waals surface area (Å²) in [5.41, 5.74) is 8.66. The van der Waals surface area contributed by atoms with Crippen LogP contribution in [-0.4, -0.2) is 28.6 Å². The topological polar surface area (TPSA) is 42.7 Å². The highest BCUT2D eigenvalue weighted by Gasteiger charge is 2.29. The molecule has 0 saturated carbocycles. The van der Waals surface area contributed by atoms with Crippen LogP contribution in [0, 0.1) is 20.8 Å². The number of aryl methyl sites for hydroxylation is 4. The van der Waals surface area contributed by atoms with Gasteiger partial charge in [-0.25, -0.2) is 0 Å². The number of hydrogen-bond acceptors (Lipinski definition) is 4. The lowest BCUT2D eigenvalue weighted by Crippen LogP contribution is -2.26. The van der Waals surface area contributed by atoms with E-state index >= 15 is 0 Å². The van der Waals surface area contributed by atoms with Crippen LogP contribution in [0.3, 0.4) is 0 Å². The lowest BCUT2D eigenvalue weighted by atomic mass is 9.97. The fraction of sp³-hybridized carbons (Fsp3) is 0.545. The highest BCUT2D eigenvalue weighted by atomic mass is 16.6. The third-order valence-electron chi connectivity index (χ3n) is 5.16. The molecule has 0 aliphatic carbocycles. The second-order valence-corrected chi connectivity index (χ2v) is 7.48. The minimum absolute atomic E-state index is 0.584. The van der Waals surface area contributed by atoms with E-state index in [0.717, 1.165) is 49.5 Å². The molecule has 0 unspecified atom stereocenters. The second-order valence-electron chi connectivity index (χ2n) is 7.48. The Morgan fingerprint density at radius 3 is 2.52 bits per heavy atom. The first-order valence-electron chi connectivity index (χ1n) is 10.1. The summed E-state index contributed by atoms with van der Waals surface area (Å²) in [4.78, 5) is 7.81. The van der Waals surface area contributed by atoms with Gasteiger partial charge in [-0.1, -0.05) is 36.2 Å². The van der Waals surface area contributed by atoms with E-state index in [9.17, 15) is 0 Å². The van der Waals surface area contributed by atoms with E-state index in [1.807, 2.05) is 18.7 Å². The van der Waals surface area contributed by atoms with Crippen LogP contribution in [0.2, 0.25) is 0 Å². The monoisotopic (exact) mass is 368 g/mol.